The molecule has 0 bridgehead atoms. The lowest BCUT2D eigenvalue weighted by molar-refractivity contribution is -0.141. The summed E-state index contributed by atoms with van der Waals surface area (Å²) in [5.74, 6) is -3.56. The van der Waals surface area contributed by atoms with Crippen molar-refractivity contribution >= 4 is 17.2 Å². The Bertz CT molecular complexity index is 894. The van der Waals surface area contributed by atoms with Crippen molar-refractivity contribution in [3.63, 3.8) is 0 Å². The number of halogens is 2. The van der Waals surface area contributed by atoms with Gasteiger partial charge < -0.3 is 9.64 Å². The number of alkyl halides is 2. The fraction of sp³-hybridized carbons (Fsp3) is 0.550. The highest BCUT2D eigenvalue weighted by Gasteiger charge is 2.57. The number of nitrogens with zero attached hydrogens (tertiary/aromatic N) is 3. The van der Waals surface area contributed by atoms with Crippen LogP contribution in [0, 0.1) is 5.92 Å². The molecular weight excluding hydrogens is 384 g/mol. The van der Waals surface area contributed by atoms with Gasteiger partial charge >= 0.3 is 0 Å². The molecule has 5 rings (SSSR count). The smallest absolute Gasteiger partial charge is 0.252 e. The van der Waals surface area contributed by atoms with Crippen LogP contribution in [0.15, 0.2) is 24.7 Å². The molecule has 1 atom stereocenters. The minimum atomic E-state index is -2.64. The summed E-state index contributed by atoms with van der Waals surface area (Å²) in [6.07, 6.45) is 7.19. The highest BCUT2D eigenvalue weighted by atomic mass is 32.1. The van der Waals surface area contributed by atoms with Crippen LogP contribution in [0.25, 0.3) is 10.6 Å². The summed E-state index contributed by atoms with van der Waals surface area (Å²) in [4.78, 5) is 25.1. The van der Waals surface area contributed by atoms with Crippen molar-refractivity contribution in [2.45, 2.75) is 43.6 Å². The van der Waals surface area contributed by atoms with E-state index in [1.807, 2.05) is 0 Å². The zero-order valence-electron chi connectivity index (χ0n) is 15.4. The molecule has 2 aromatic heterocycles. The average molecular weight is 405 g/mol. The zero-order chi connectivity index (χ0) is 19.4. The molecule has 1 saturated heterocycles. The third-order valence-electron chi connectivity index (χ3n) is 6.12. The molecule has 8 heteroatoms. The van der Waals surface area contributed by atoms with Gasteiger partial charge in [-0.15, -0.1) is 11.3 Å². The summed E-state index contributed by atoms with van der Waals surface area (Å²) in [6.45, 7) is 1.76. The van der Waals surface area contributed by atoms with Crippen molar-refractivity contribution in [1.29, 1.82) is 0 Å². The van der Waals surface area contributed by atoms with Crippen LogP contribution in [0.5, 0.6) is 0 Å². The third-order valence-corrected chi connectivity index (χ3v) is 7.34. The second-order valence-corrected chi connectivity index (χ2v) is 9.01. The second-order valence-electron chi connectivity index (χ2n) is 7.88. The van der Waals surface area contributed by atoms with E-state index in [2.05, 4.69) is 16.0 Å². The summed E-state index contributed by atoms with van der Waals surface area (Å²) in [5, 5.41) is 0. The number of fused-ring (bicyclic) bond motifs is 2. The maximum absolute atomic E-state index is 13.1. The Kier molecular flexibility index (Phi) is 4.24. The van der Waals surface area contributed by atoms with E-state index in [0.717, 1.165) is 17.0 Å². The fourth-order valence-electron chi connectivity index (χ4n) is 4.33. The lowest BCUT2D eigenvalue weighted by Crippen LogP contribution is -2.48. The van der Waals surface area contributed by atoms with Gasteiger partial charge in [0.05, 0.1) is 29.0 Å². The summed E-state index contributed by atoms with van der Waals surface area (Å²) in [5.41, 5.74) is 1.67. The van der Waals surface area contributed by atoms with Gasteiger partial charge in [0, 0.05) is 55.5 Å². The molecule has 0 aromatic carbocycles. The first-order valence-electron chi connectivity index (χ1n) is 9.66. The molecule has 0 radical (unpaired) electrons. The molecule has 0 N–H and O–H groups in total. The Labute approximate surface area is 165 Å². The summed E-state index contributed by atoms with van der Waals surface area (Å²) in [6, 6.07) is 2.16. The van der Waals surface area contributed by atoms with Crippen molar-refractivity contribution in [3.8, 4) is 10.6 Å². The zero-order valence-corrected chi connectivity index (χ0v) is 16.2. The number of hydrogen-bond acceptors (Lipinski definition) is 5. The number of hydrogen-bond donors (Lipinski definition) is 0. The number of carbonyl (C=O) groups is 1. The lowest BCUT2D eigenvalue weighted by Gasteiger charge is -2.44. The Hall–Kier alpha value is -1.93. The standard InChI is InChI=1S/C20H21F2N3O2S/c21-20(22)11-13(20)9-18(26)25-6-2-19(3-7-25)14-10-17(15-12-23-4-5-24-15)28-16(14)1-8-27-19/h4-5,10,12-13H,1-3,6-9,11H2. The van der Waals surface area contributed by atoms with Crippen LogP contribution in [-0.4, -0.2) is 46.4 Å². The van der Waals surface area contributed by atoms with Crippen molar-refractivity contribution in [3.05, 3.63) is 35.1 Å². The van der Waals surface area contributed by atoms with Gasteiger partial charge in [-0.25, -0.2) is 8.78 Å². The van der Waals surface area contributed by atoms with E-state index in [1.54, 1.807) is 34.8 Å². The van der Waals surface area contributed by atoms with E-state index in [-0.39, 0.29) is 24.3 Å². The summed E-state index contributed by atoms with van der Waals surface area (Å²) in [7, 11) is 0. The van der Waals surface area contributed by atoms with Gasteiger partial charge in [0.25, 0.3) is 5.92 Å². The van der Waals surface area contributed by atoms with Gasteiger partial charge in [0.15, 0.2) is 0 Å². The molecule has 2 fully saturated rings. The molecule has 5 nitrogen and oxygen atoms in total. The Morgan fingerprint density at radius 2 is 2.11 bits per heavy atom. The maximum Gasteiger partial charge on any atom is 0.252 e. The number of piperidine rings is 1. The van der Waals surface area contributed by atoms with E-state index in [0.29, 0.717) is 32.5 Å². The van der Waals surface area contributed by atoms with Crippen LogP contribution in [-0.2, 0) is 21.6 Å². The minimum Gasteiger partial charge on any atom is -0.370 e. The molecule has 2 aliphatic heterocycles. The van der Waals surface area contributed by atoms with Crippen LogP contribution in [0.4, 0.5) is 8.78 Å². The van der Waals surface area contributed by atoms with E-state index in [1.165, 1.54) is 10.4 Å². The molecular formula is C20H21F2N3O2S. The van der Waals surface area contributed by atoms with Gasteiger partial charge in [-0.3, -0.25) is 14.8 Å². The molecule has 3 aliphatic rings. The lowest BCUT2D eigenvalue weighted by atomic mass is 9.82. The predicted octanol–water partition coefficient (Wildman–Crippen LogP) is 3.64. The van der Waals surface area contributed by atoms with Crippen molar-refractivity contribution in [2.24, 2.45) is 5.92 Å². The maximum atomic E-state index is 13.1. The molecule has 1 aliphatic carbocycles. The van der Waals surface area contributed by atoms with E-state index >= 15 is 0 Å². The average Bonchev–Trinajstić information content (AvgIpc) is 3.10. The van der Waals surface area contributed by atoms with Crippen molar-refractivity contribution < 1.29 is 18.3 Å². The number of rotatable bonds is 3. The highest BCUT2D eigenvalue weighted by molar-refractivity contribution is 7.15. The van der Waals surface area contributed by atoms with Crippen LogP contribution in [0.3, 0.4) is 0 Å². The molecule has 1 saturated carbocycles. The summed E-state index contributed by atoms with van der Waals surface area (Å²) < 4.78 is 32.5. The fourth-order valence-corrected chi connectivity index (χ4v) is 5.52. The Balaban J connectivity index is 1.31. The molecule has 1 unspecified atom stereocenters. The van der Waals surface area contributed by atoms with Crippen LogP contribution in [0.2, 0.25) is 0 Å². The molecule has 1 spiro atoms. The van der Waals surface area contributed by atoms with E-state index < -0.39 is 11.8 Å². The number of carbonyl (C=O) groups excluding carboxylic acids is 1. The molecule has 1 amide bonds. The van der Waals surface area contributed by atoms with E-state index in [4.69, 9.17) is 4.74 Å². The third kappa shape index (κ3) is 3.12. The van der Waals surface area contributed by atoms with Crippen LogP contribution in [0.1, 0.15) is 36.1 Å². The quantitative estimate of drug-likeness (QED) is 0.782. The Morgan fingerprint density at radius 3 is 2.79 bits per heavy atom. The first-order chi connectivity index (χ1) is 13.5. The minimum absolute atomic E-state index is 0.0403. The summed E-state index contributed by atoms with van der Waals surface area (Å²) >= 11 is 1.73. The number of likely N-dealkylation sites (tertiary alicyclic amines) is 1. The van der Waals surface area contributed by atoms with Crippen LogP contribution < -0.4 is 0 Å². The number of ether oxygens (including phenoxy) is 1. The number of amides is 1. The second kappa shape index (κ2) is 6.56. The van der Waals surface area contributed by atoms with Gasteiger partial charge in [0.1, 0.15) is 0 Å². The first-order valence-corrected chi connectivity index (χ1v) is 10.5. The van der Waals surface area contributed by atoms with Crippen molar-refractivity contribution in [2.75, 3.05) is 19.7 Å². The SMILES string of the molecule is O=C(CC1CC1(F)F)N1CCC2(CC1)OCCc1sc(-c3cnccn3)cc12. The van der Waals surface area contributed by atoms with Crippen LogP contribution >= 0.6 is 11.3 Å². The van der Waals surface area contributed by atoms with Gasteiger partial charge in [-0.05, 0) is 24.5 Å². The van der Waals surface area contributed by atoms with Gasteiger partial charge in [0.2, 0.25) is 5.91 Å². The topological polar surface area (TPSA) is 55.3 Å². The predicted molar refractivity (Wildman–Crippen MR) is 100 cm³/mol. The van der Waals surface area contributed by atoms with E-state index in [9.17, 15) is 13.6 Å². The van der Waals surface area contributed by atoms with Gasteiger partial charge in [-0.2, -0.15) is 0 Å². The first kappa shape index (κ1) is 18.1. The number of thiophene rings is 1. The van der Waals surface area contributed by atoms with Crippen molar-refractivity contribution in [1.82, 2.24) is 14.9 Å². The highest BCUT2D eigenvalue weighted by Crippen LogP contribution is 2.51. The van der Waals surface area contributed by atoms with Gasteiger partial charge in [-0.1, -0.05) is 0 Å². The monoisotopic (exact) mass is 405 g/mol. The molecule has 2 aromatic rings. The number of aromatic nitrogens is 2. The molecule has 148 valence electrons. The largest absolute Gasteiger partial charge is 0.370 e. The molecule has 4 heterocycles. The normalized spacial score (nSPS) is 24.8. The molecule has 28 heavy (non-hydrogen) atoms. The Morgan fingerprint density at radius 1 is 1.32 bits per heavy atom.